The molecule has 0 atom stereocenters. The minimum absolute atomic E-state index is 0.0555. The number of H-pyrrole nitrogens is 2. The molecule has 2 fully saturated rings. The number of aromatic nitrogens is 4. The summed E-state index contributed by atoms with van der Waals surface area (Å²) in [5, 5.41) is 26.5. The van der Waals surface area contributed by atoms with Crippen LogP contribution in [0.3, 0.4) is 0 Å². The van der Waals surface area contributed by atoms with Gasteiger partial charge in [0, 0.05) is 29.8 Å². The number of aryl methyl sites for hydroxylation is 1. The number of hydrogen-bond donors (Lipinski definition) is 4. The number of nitrogens with zero attached hydrogens (tertiary/aromatic N) is 3. The smallest absolute Gasteiger partial charge is 0.323 e. The summed E-state index contributed by atoms with van der Waals surface area (Å²) in [4.78, 5) is 26.1. The van der Waals surface area contributed by atoms with E-state index in [1.54, 1.807) is 11.3 Å². The second-order valence-electron chi connectivity index (χ2n) is 11.8. The SMILES string of the molecule is Cc1cccc(-c2ccc3c(NC(=O)C4CC4)n[nH]c3c2)c1.O=C(Nc1n[nH]c2cc(-c3ccsc3)ccc12)N1CCCCC1. The van der Waals surface area contributed by atoms with E-state index in [0.717, 1.165) is 71.7 Å². The standard InChI is InChI=1S/C18H17N3O.C17H18N4OS/c1-11-3-2-4-13(9-11)14-7-8-15-16(10-14)20-21-17(15)19-18(22)12-5-6-12;22-17(21-7-2-1-3-8-21)18-16-14-5-4-12(10-15(14)19-20-16)13-6-9-23-11-13/h2-4,7-10,12H,5-6H2,1H3,(H2,19,20,21,22);4-6,9-11H,1-3,7-8H2,(H2,18,19,20,22). The van der Waals surface area contributed by atoms with Crippen LogP contribution in [0, 0.1) is 12.8 Å². The maximum Gasteiger partial charge on any atom is 0.323 e. The molecule has 3 aromatic heterocycles. The van der Waals surface area contributed by atoms with Crippen molar-refractivity contribution in [3.05, 3.63) is 83.1 Å². The molecule has 1 aliphatic carbocycles. The molecule has 4 N–H and O–H groups in total. The molecule has 0 spiro atoms. The number of benzene rings is 3. The zero-order valence-electron chi connectivity index (χ0n) is 25.1. The van der Waals surface area contributed by atoms with Crippen LogP contribution in [0.15, 0.2) is 77.5 Å². The van der Waals surface area contributed by atoms with Gasteiger partial charge in [0.1, 0.15) is 0 Å². The molecule has 45 heavy (non-hydrogen) atoms. The Kier molecular flexibility index (Phi) is 8.04. The summed E-state index contributed by atoms with van der Waals surface area (Å²) in [6.45, 7) is 3.75. The van der Waals surface area contributed by atoms with Crippen molar-refractivity contribution in [2.75, 3.05) is 23.7 Å². The molecule has 10 heteroatoms. The molecule has 1 aliphatic heterocycles. The van der Waals surface area contributed by atoms with Crippen LogP contribution in [0.4, 0.5) is 16.4 Å². The summed E-state index contributed by atoms with van der Waals surface area (Å²) in [5.74, 6) is 1.49. The molecule has 4 heterocycles. The molecule has 1 saturated carbocycles. The van der Waals surface area contributed by atoms with Gasteiger partial charge in [-0.3, -0.25) is 20.3 Å². The van der Waals surface area contributed by atoms with E-state index in [2.05, 4.69) is 103 Å². The van der Waals surface area contributed by atoms with Gasteiger partial charge >= 0.3 is 6.03 Å². The number of fused-ring (bicyclic) bond motifs is 2. The average Bonchev–Trinajstić information content (AvgIpc) is 3.43. The lowest BCUT2D eigenvalue weighted by Gasteiger charge is -2.26. The van der Waals surface area contributed by atoms with Crippen LogP contribution in [0.2, 0.25) is 0 Å². The molecular formula is C35H35N7O2S. The highest BCUT2D eigenvalue weighted by molar-refractivity contribution is 7.08. The van der Waals surface area contributed by atoms with Gasteiger partial charge in [-0.1, -0.05) is 42.0 Å². The van der Waals surface area contributed by atoms with Gasteiger partial charge in [-0.05, 0) is 102 Å². The van der Waals surface area contributed by atoms with Crippen LogP contribution in [-0.4, -0.2) is 50.3 Å². The first-order valence-corrected chi connectivity index (χ1v) is 16.4. The van der Waals surface area contributed by atoms with Gasteiger partial charge in [-0.25, -0.2) is 4.79 Å². The predicted molar refractivity (Wildman–Crippen MR) is 181 cm³/mol. The maximum atomic E-state index is 12.3. The van der Waals surface area contributed by atoms with Crippen LogP contribution >= 0.6 is 11.3 Å². The number of nitrogens with one attached hydrogen (secondary N) is 4. The Balaban J connectivity index is 0.000000145. The predicted octanol–water partition coefficient (Wildman–Crippen LogP) is 8.20. The highest BCUT2D eigenvalue weighted by atomic mass is 32.1. The fourth-order valence-corrected chi connectivity index (χ4v) is 6.35. The normalized spacial score (nSPS) is 14.6. The Morgan fingerprint density at radius 2 is 1.42 bits per heavy atom. The molecule has 3 amide bonds. The number of anilines is 2. The van der Waals surface area contributed by atoms with Crippen molar-refractivity contribution in [2.24, 2.45) is 5.92 Å². The summed E-state index contributed by atoms with van der Waals surface area (Å²) >= 11 is 1.68. The van der Waals surface area contributed by atoms with Gasteiger partial charge in [0.25, 0.3) is 0 Å². The molecule has 1 saturated heterocycles. The number of carbonyl (C=O) groups excluding carboxylic acids is 2. The number of urea groups is 1. The third kappa shape index (κ3) is 6.46. The van der Waals surface area contributed by atoms with Gasteiger partial charge < -0.3 is 10.2 Å². The number of aromatic amines is 2. The molecule has 228 valence electrons. The van der Waals surface area contributed by atoms with Crippen LogP contribution < -0.4 is 10.6 Å². The first kappa shape index (κ1) is 28.8. The summed E-state index contributed by atoms with van der Waals surface area (Å²) in [7, 11) is 0. The molecule has 0 radical (unpaired) electrons. The Morgan fingerprint density at radius 3 is 2.04 bits per heavy atom. The highest BCUT2D eigenvalue weighted by Crippen LogP contribution is 2.32. The minimum Gasteiger partial charge on any atom is -0.324 e. The minimum atomic E-state index is -0.0555. The van der Waals surface area contributed by atoms with E-state index in [-0.39, 0.29) is 17.9 Å². The number of rotatable bonds is 5. The summed E-state index contributed by atoms with van der Waals surface area (Å²) in [6.07, 6.45) is 5.36. The van der Waals surface area contributed by atoms with E-state index in [9.17, 15) is 9.59 Å². The van der Waals surface area contributed by atoms with Crippen molar-refractivity contribution in [2.45, 2.75) is 39.0 Å². The molecule has 0 bridgehead atoms. The Hall–Kier alpha value is -4.96. The molecule has 8 rings (SSSR count). The van der Waals surface area contributed by atoms with Gasteiger partial charge in [0.2, 0.25) is 5.91 Å². The van der Waals surface area contributed by atoms with Crippen molar-refractivity contribution in [1.82, 2.24) is 25.3 Å². The zero-order valence-corrected chi connectivity index (χ0v) is 25.9. The lowest BCUT2D eigenvalue weighted by Crippen LogP contribution is -2.38. The van der Waals surface area contributed by atoms with Gasteiger partial charge in [0.05, 0.1) is 11.0 Å². The summed E-state index contributed by atoms with van der Waals surface area (Å²) in [5.41, 5.74) is 7.77. The number of amides is 3. The third-order valence-corrected chi connectivity index (χ3v) is 9.07. The second kappa shape index (κ2) is 12.6. The van der Waals surface area contributed by atoms with E-state index in [0.29, 0.717) is 11.6 Å². The second-order valence-corrected chi connectivity index (χ2v) is 12.6. The van der Waals surface area contributed by atoms with Crippen molar-refractivity contribution in [3.8, 4) is 22.3 Å². The van der Waals surface area contributed by atoms with Crippen LogP contribution in [-0.2, 0) is 4.79 Å². The van der Waals surface area contributed by atoms with E-state index in [1.807, 2.05) is 17.0 Å². The Bertz CT molecular complexity index is 1970. The van der Waals surface area contributed by atoms with E-state index < -0.39 is 0 Å². The number of hydrogen-bond acceptors (Lipinski definition) is 5. The van der Waals surface area contributed by atoms with Crippen molar-refractivity contribution < 1.29 is 9.59 Å². The first-order chi connectivity index (χ1) is 22.0. The van der Waals surface area contributed by atoms with Gasteiger partial charge in [-0.15, -0.1) is 0 Å². The first-order valence-electron chi connectivity index (χ1n) is 15.4. The largest absolute Gasteiger partial charge is 0.324 e. The Morgan fingerprint density at radius 1 is 0.778 bits per heavy atom. The van der Waals surface area contributed by atoms with Crippen molar-refractivity contribution in [1.29, 1.82) is 0 Å². The third-order valence-electron chi connectivity index (χ3n) is 8.39. The monoisotopic (exact) mass is 617 g/mol. The molecule has 2 aliphatic rings. The van der Waals surface area contributed by atoms with Crippen LogP contribution in [0.1, 0.15) is 37.7 Å². The van der Waals surface area contributed by atoms with Gasteiger partial charge in [0.15, 0.2) is 11.6 Å². The molecule has 3 aromatic carbocycles. The molecular weight excluding hydrogens is 582 g/mol. The highest BCUT2D eigenvalue weighted by Gasteiger charge is 2.30. The van der Waals surface area contributed by atoms with E-state index >= 15 is 0 Å². The zero-order chi connectivity index (χ0) is 30.8. The lowest BCUT2D eigenvalue weighted by atomic mass is 10.0. The number of thiophene rings is 1. The van der Waals surface area contributed by atoms with E-state index in [1.165, 1.54) is 23.1 Å². The molecule has 0 unspecified atom stereocenters. The van der Waals surface area contributed by atoms with Crippen molar-refractivity contribution in [3.63, 3.8) is 0 Å². The molecule has 9 nitrogen and oxygen atoms in total. The number of piperidine rings is 1. The topological polar surface area (TPSA) is 119 Å². The number of carbonyl (C=O) groups is 2. The average molecular weight is 618 g/mol. The lowest BCUT2D eigenvalue weighted by molar-refractivity contribution is -0.117. The maximum absolute atomic E-state index is 12.3. The van der Waals surface area contributed by atoms with Gasteiger partial charge in [-0.2, -0.15) is 21.5 Å². The van der Waals surface area contributed by atoms with Crippen molar-refractivity contribution >= 4 is 56.7 Å². The van der Waals surface area contributed by atoms with E-state index in [4.69, 9.17) is 0 Å². The summed E-state index contributed by atoms with van der Waals surface area (Å²) < 4.78 is 0. The quantitative estimate of drug-likeness (QED) is 0.156. The Labute approximate surface area is 265 Å². The number of likely N-dealkylation sites (tertiary alicyclic amines) is 1. The van der Waals surface area contributed by atoms with Crippen LogP contribution in [0.25, 0.3) is 44.1 Å². The summed E-state index contributed by atoms with van der Waals surface area (Å²) in [6, 6.07) is 22.7. The fraction of sp³-hybridized carbons (Fsp3) is 0.257. The molecule has 6 aromatic rings. The fourth-order valence-electron chi connectivity index (χ4n) is 5.68. The van der Waals surface area contributed by atoms with Crippen LogP contribution in [0.5, 0.6) is 0 Å².